The van der Waals surface area contributed by atoms with Gasteiger partial charge >= 0.3 is 0 Å². The van der Waals surface area contributed by atoms with Gasteiger partial charge in [-0.2, -0.15) is 0 Å². The van der Waals surface area contributed by atoms with Crippen molar-refractivity contribution in [1.29, 1.82) is 0 Å². The number of carbonyl (C=O) groups is 1. The molecule has 6 nitrogen and oxygen atoms in total. The number of nitrogen functional groups attached to an aromatic ring is 1. The summed E-state index contributed by atoms with van der Waals surface area (Å²) in [5, 5.41) is 11.7. The Kier molecular flexibility index (Phi) is 4.30. The second-order valence-corrected chi connectivity index (χ2v) is 6.97. The fraction of sp³-hybridized carbons (Fsp3) is 0.167. The van der Waals surface area contributed by atoms with Crippen LogP contribution in [0.4, 0.5) is 11.4 Å². The third-order valence-corrected chi connectivity index (χ3v) is 4.85. The molecule has 132 valence electrons. The predicted octanol–water partition coefficient (Wildman–Crippen LogP) is 4.29. The number of nitrogens with one attached hydrogen (secondary N) is 1. The molecule has 2 aromatic carbocycles. The van der Waals surface area contributed by atoms with Gasteiger partial charge in [0.15, 0.2) is 5.69 Å². The highest BCUT2D eigenvalue weighted by atomic mass is 35.5. The highest BCUT2D eigenvalue weighted by molar-refractivity contribution is 6.39. The number of hydrogen-bond donors (Lipinski definition) is 2. The Bertz CT molecular complexity index is 959. The second kappa shape index (κ2) is 6.63. The summed E-state index contributed by atoms with van der Waals surface area (Å²) < 4.78 is 1.73. The van der Waals surface area contributed by atoms with Crippen LogP contribution in [0.25, 0.3) is 5.69 Å². The third-order valence-electron chi connectivity index (χ3n) is 4.22. The van der Waals surface area contributed by atoms with Crippen molar-refractivity contribution in [2.45, 2.75) is 18.8 Å². The second-order valence-electron chi connectivity index (χ2n) is 6.15. The van der Waals surface area contributed by atoms with Crippen LogP contribution in [0.2, 0.25) is 10.0 Å². The lowest BCUT2D eigenvalue weighted by Crippen LogP contribution is -2.15. The smallest absolute Gasteiger partial charge is 0.278 e. The first-order valence-electron chi connectivity index (χ1n) is 8.11. The van der Waals surface area contributed by atoms with Gasteiger partial charge in [0.2, 0.25) is 0 Å². The molecule has 0 atom stereocenters. The Morgan fingerprint density at radius 2 is 1.81 bits per heavy atom. The quantitative estimate of drug-likeness (QED) is 0.653. The van der Waals surface area contributed by atoms with Crippen LogP contribution >= 0.6 is 23.2 Å². The van der Waals surface area contributed by atoms with Crippen LogP contribution < -0.4 is 11.1 Å². The van der Waals surface area contributed by atoms with Crippen molar-refractivity contribution < 1.29 is 4.79 Å². The third kappa shape index (κ3) is 3.13. The molecule has 1 aromatic heterocycles. The molecule has 0 aliphatic heterocycles. The summed E-state index contributed by atoms with van der Waals surface area (Å²) in [4.78, 5) is 12.8. The van der Waals surface area contributed by atoms with E-state index in [9.17, 15) is 4.79 Å². The first-order valence-corrected chi connectivity index (χ1v) is 8.87. The molecular formula is C18H15Cl2N5O. The highest BCUT2D eigenvalue weighted by Crippen LogP contribution is 2.42. The maximum Gasteiger partial charge on any atom is 0.278 e. The minimum Gasteiger partial charge on any atom is -0.396 e. The van der Waals surface area contributed by atoms with Crippen molar-refractivity contribution >= 4 is 40.5 Å². The first kappa shape index (κ1) is 16.9. The molecule has 8 heteroatoms. The van der Waals surface area contributed by atoms with E-state index < -0.39 is 0 Å². The summed E-state index contributed by atoms with van der Waals surface area (Å²) in [6, 6.07) is 12.7. The summed E-state index contributed by atoms with van der Waals surface area (Å²) in [7, 11) is 0. The number of rotatable bonds is 4. The van der Waals surface area contributed by atoms with Crippen LogP contribution in [0.15, 0.2) is 42.5 Å². The molecular weight excluding hydrogens is 373 g/mol. The molecule has 3 N–H and O–H groups in total. The zero-order valence-corrected chi connectivity index (χ0v) is 15.1. The number of nitrogens with two attached hydrogens (primary N) is 1. The van der Waals surface area contributed by atoms with E-state index in [1.54, 1.807) is 16.8 Å². The Balaban J connectivity index is 1.68. The topological polar surface area (TPSA) is 85.8 Å². The molecule has 0 bridgehead atoms. The molecule has 1 amide bonds. The van der Waals surface area contributed by atoms with Crippen molar-refractivity contribution in [3.63, 3.8) is 0 Å². The minimum absolute atomic E-state index is 0.278. The highest BCUT2D eigenvalue weighted by Gasteiger charge is 2.34. The molecule has 1 aliphatic rings. The number of carbonyl (C=O) groups excluding carboxylic acids is 1. The van der Waals surface area contributed by atoms with Crippen LogP contribution in [-0.2, 0) is 0 Å². The fourth-order valence-electron chi connectivity index (χ4n) is 2.78. The van der Waals surface area contributed by atoms with Crippen LogP contribution in [0.5, 0.6) is 0 Å². The van der Waals surface area contributed by atoms with Gasteiger partial charge in [-0.3, -0.25) is 4.79 Å². The number of amides is 1. The molecule has 0 radical (unpaired) electrons. The molecule has 1 aliphatic carbocycles. The van der Waals surface area contributed by atoms with Crippen molar-refractivity contribution in [2.75, 3.05) is 11.1 Å². The van der Waals surface area contributed by atoms with Crippen molar-refractivity contribution in [3.05, 3.63) is 63.9 Å². The Labute approximate surface area is 159 Å². The van der Waals surface area contributed by atoms with Gasteiger partial charge in [-0.25, -0.2) is 4.68 Å². The summed E-state index contributed by atoms with van der Waals surface area (Å²) >= 11 is 12.1. The molecule has 1 fully saturated rings. The largest absolute Gasteiger partial charge is 0.396 e. The summed E-state index contributed by atoms with van der Waals surface area (Å²) in [5.41, 5.74) is 8.46. The lowest BCUT2D eigenvalue weighted by Gasteiger charge is -2.09. The zero-order chi connectivity index (χ0) is 18.3. The monoisotopic (exact) mass is 387 g/mol. The predicted molar refractivity (Wildman–Crippen MR) is 102 cm³/mol. The van der Waals surface area contributed by atoms with E-state index in [1.165, 1.54) is 0 Å². The average Bonchev–Trinajstić information content (AvgIpc) is 3.38. The molecule has 0 saturated heterocycles. The van der Waals surface area contributed by atoms with E-state index in [0.29, 0.717) is 11.4 Å². The van der Waals surface area contributed by atoms with Gasteiger partial charge in [-0.15, -0.1) is 5.10 Å². The van der Waals surface area contributed by atoms with E-state index in [4.69, 9.17) is 28.9 Å². The molecule has 0 spiro atoms. The van der Waals surface area contributed by atoms with E-state index in [1.807, 2.05) is 30.3 Å². The molecule has 0 unspecified atom stereocenters. The van der Waals surface area contributed by atoms with E-state index in [-0.39, 0.29) is 27.6 Å². The standard InChI is InChI=1S/C18H15Cl2N5O/c19-13-8-11(9-14(20)15(13)21)22-18(26)16-17(10-6-7-10)25(24-23-16)12-4-2-1-3-5-12/h1-5,8-10H,6-7,21H2,(H,22,26). The number of aromatic nitrogens is 3. The SMILES string of the molecule is Nc1c(Cl)cc(NC(=O)c2nnn(-c3ccccc3)c2C2CC2)cc1Cl. The van der Waals surface area contributed by atoms with E-state index in [0.717, 1.165) is 24.2 Å². The summed E-state index contributed by atoms with van der Waals surface area (Å²) in [6.07, 6.45) is 2.03. The lowest BCUT2D eigenvalue weighted by atomic mass is 10.2. The van der Waals surface area contributed by atoms with E-state index >= 15 is 0 Å². The van der Waals surface area contributed by atoms with Gasteiger partial charge in [0.05, 0.1) is 27.1 Å². The van der Waals surface area contributed by atoms with Gasteiger partial charge in [0.1, 0.15) is 0 Å². The lowest BCUT2D eigenvalue weighted by molar-refractivity contribution is 0.102. The molecule has 3 aromatic rings. The Hall–Kier alpha value is -2.57. The number of hydrogen-bond acceptors (Lipinski definition) is 4. The zero-order valence-electron chi connectivity index (χ0n) is 13.6. The number of para-hydroxylation sites is 1. The van der Waals surface area contributed by atoms with Gasteiger partial charge in [0.25, 0.3) is 5.91 Å². The summed E-state index contributed by atoms with van der Waals surface area (Å²) in [6.45, 7) is 0. The fourth-order valence-corrected chi connectivity index (χ4v) is 3.27. The van der Waals surface area contributed by atoms with Gasteiger partial charge in [-0.05, 0) is 37.1 Å². The number of halogens is 2. The van der Waals surface area contributed by atoms with E-state index in [2.05, 4.69) is 15.6 Å². The number of anilines is 2. The van der Waals surface area contributed by atoms with Crippen molar-refractivity contribution in [1.82, 2.24) is 15.0 Å². The van der Waals surface area contributed by atoms with Crippen LogP contribution in [0.1, 0.15) is 34.9 Å². The Morgan fingerprint density at radius 1 is 1.15 bits per heavy atom. The number of benzene rings is 2. The maximum absolute atomic E-state index is 12.8. The average molecular weight is 388 g/mol. The summed E-state index contributed by atoms with van der Waals surface area (Å²) in [5.74, 6) is -0.0736. The van der Waals surface area contributed by atoms with Crippen LogP contribution in [0.3, 0.4) is 0 Å². The normalized spacial score (nSPS) is 13.6. The van der Waals surface area contributed by atoms with Crippen molar-refractivity contribution in [3.8, 4) is 5.69 Å². The first-order chi connectivity index (χ1) is 12.5. The maximum atomic E-state index is 12.8. The molecule has 4 rings (SSSR count). The van der Waals surface area contributed by atoms with Crippen LogP contribution in [-0.4, -0.2) is 20.9 Å². The minimum atomic E-state index is -0.356. The van der Waals surface area contributed by atoms with Gasteiger partial charge in [-0.1, -0.05) is 46.6 Å². The molecule has 26 heavy (non-hydrogen) atoms. The Morgan fingerprint density at radius 3 is 2.42 bits per heavy atom. The van der Waals surface area contributed by atoms with Crippen molar-refractivity contribution in [2.24, 2.45) is 0 Å². The van der Waals surface area contributed by atoms with Crippen LogP contribution in [0, 0.1) is 0 Å². The molecule has 1 heterocycles. The number of nitrogens with zero attached hydrogens (tertiary/aromatic N) is 3. The molecule has 1 saturated carbocycles. The van der Waals surface area contributed by atoms with Gasteiger partial charge < -0.3 is 11.1 Å². The van der Waals surface area contributed by atoms with Gasteiger partial charge in [0, 0.05) is 11.6 Å².